The van der Waals surface area contributed by atoms with E-state index in [2.05, 4.69) is 56.7 Å². The summed E-state index contributed by atoms with van der Waals surface area (Å²) in [6, 6.07) is 10.1. The predicted octanol–water partition coefficient (Wildman–Crippen LogP) is 3.83. The van der Waals surface area contributed by atoms with Crippen LogP contribution >= 0.6 is 0 Å². The summed E-state index contributed by atoms with van der Waals surface area (Å²) in [6.07, 6.45) is 2.76. The second kappa shape index (κ2) is 7.34. The van der Waals surface area contributed by atoms with Gasteiger partial charge in [0.25, 0.3) is 0 Å². The van der Waals surface area contributed by atoms with E-state index >= 15 is 0 Å². The largest absolute Gasteiger partial charge is 0.302 e. The Morgan fingerprint density at radius 1 is 1.25 bits per heavy atom. The lowest BCUT2D eigenvalue weighted by Gasteiger charge is -2.59. The fourth-order valence-corrected chi connectivity index (χ4v) is 4.28. The third kappa shape index (κ3) is 3.28. The maximum Gasteiger partial charge on any atom is 0.139 e. The first-order valence-corrected chi connectivity index (χ1v) is 9.00. The van der Waals surface area contributed by atoms with Crippen LogP contribution in [-0.2, 0) is 9.63 Å². The summed E-state index contributed by atoms with van der Waals surface area (Å²) in [5.74, 6) is 0. The van der Waals surface area contributed by atoms with Gasteiger partial charge in [0.05, 0.1) is 17.1 Å². The highest BCUT2D eigenvalue weighted by molar-refractivity contribution is 5.61. The zero-order valence-electron chi connectivity index (χ0n) is 16.0. The molecule has 0 aliphatic carbocycles. The molecule has 0 aromatic heterocycles. The van der Waals surface area contributed by atoms with Crippen molar-refractivity contribution < 1.29 is 9.63 Å². The van der Waals surface area contributed by atoms with E-state index in [0.29, 0.717) is 0 Å². The fraction of sp³-hybridized carbons (Fsp3) is 0.650. The van der Waals surface area contributed by atoms with Crippen LogP contribution in [0.4, 0.5) is 0 Å². The van der Waals surface area contributed by atoms with Gasteiger partial charge in [-0.15, -0.1) is 0 Å². The number of hydrogen-bond acceptors (Lipinski definition) is 4. The molecule has 4 nitrogen and oxygen atoms in total. The molecule has 134 valence electrons. The van der Waals surface area contributed by atoms with Crippen molar-refractivity contribution in [2.75, 3.05) is 13.6 Å². The molecule has 2 unspecified atom stereocenters. The van der Waals surface area contributed by atoms with Crippen molar-refractivity contribution in [3.8, 4) is 0 Å². The van der Waals surface area contributed by atoms with Gasteiger partial charge in [0.2, 0.25) is 0 Å². The van der Waals surface area contributed by atoms with Crippen molar-refractivity contribution in [2.24, 2.45) is 0 Å². The zero-order chi connectivity index (χ0) is 18.0. The third-order valence-electron chi connectivity index (χ3n) is 5.50. The molecule has 0 amide bonds. The number of likely N-dealkylation sites (N-methyl/N-ethyl adjacent to an activating group) is 1. The Hall–Kier alpha value is -1.23. The number of carbonyl (C=O) groups is 1. The van der Waals surface area contributed by atoms with E-state index in [4.69, 9.17) is 4.84 Å². The van der Waals surface area contributed by atoms with Gasteiger partial charge in [0, 0.05) is 6.54 Å². The molecule has 1 aliphatic heterocycles. The Bertz CT molecular complexity index is 540. The van der Waals surface area contributed by atoms with Crippen molar-refractivity contribution in [3.63, 3.8) is 0 Å². The van der Waals surface area contributed by atoms with Gasteiger partial charge in [-0.3, -0.25) is 9.74 Å². The topological polar surface area (TPSA) is 32.8 Å². The number of carbonyl (C=O) groups excluding carboxylic acids is 1. The summed E-state index contributed by atoms with van der Waals surface area (Å²) in [5.41, 5.74) is 0.654. The summed E-state index contributed by atoms with van der Waals surface area (Å²) in [6.45, 7) is 11.6. The molecule has 0 radical (unpaired) electrons. The molecule has 1 aromatic carbocycles. The molecule has 4 heteroatoms. The summed E-state index contributed by atoms with van der Waals surface area (Å²) in [7, 11) is 2.04. The second-order valence-corrected chi connectivity index (χ2v) is 7.57. The van der Waals surface area contributed by atoms with E-state index in [9.17, 15) is 4.79 Å². The van der Waals surface area contributed by atoms with Crippen molar-refractivity contribution in [1.29, 1.82) is 0 Å². The number of aldehydes is 1. The van der Waals surface area contributed by atoms with Gasteiger partial charge in [-0.1, -0.05) is 44.2 Å². The smallest absolute Gasteiger partial charge is 0.139 e. The highest BCUT2D eigenvalue weighted by atomic mass is 16.7. The SMILES string of the molecule is CCC1(CC)C(C=O)N(C)CC(C)(C)N1OC(C)c1ccccc1. The Morgan fingerprint density at radius 2 is 1.83 bits per heavy atom. The molecule has 24 heavy (non-hydrogen) atoms. The van der Waals surface area contributed by atoms with Crippen LogP contribution < -0.4 is 0 Å². The molecule has 2 rings (SSSR count). The first-order chi connectivity index (χ1) is 11.3. The van der Waals surface area contributed by atoms with Crippen LogP contribution in [0, 0.1) is 0 Å². The lowest BCUT2D eigenvalue weighted by molar-refractivity contribution is -0.327. The number of benzene rings is 1. The lowest BCUT2D eigenvalue weighted by Crippen LogP contribution is -2.74. The molecular weight excluding hydrogens is 300 g/mol. The average molecular weight is 332 g/mol. The van der Waals surface area contributed by atoms with Gasteiger partial charge >= 0.3 is 0 Å². The molecule has 1 fully saturated rings. The molecule has 0 saturated carbocycles. The van der Waals surface area contributed by atoms with Gasteiger partial charge in [-0.05, 0) is 46.2 Å². The third-order valence-corrected chi connectivity index (χ3v) is 5.50. The van der Waals surface area contributed by atoms with Crippen LogP contribution in [0.5, 0.6) is 0 Å². The Labute approximate surface area is 146 Å². The van der Waals surface area contributed by atoms with E-state index in [0.717, 1.165) is 31.2 Å². The summed E-state index contributed by atoms with van der Waals surface area (Å²) >= 11 is 0. The first-order valence-electron chi connectivity index (χ1n) is 9.00. The normalized spacial score (nSPS) is 25.3. The number of rotatable bonds is 6. The molecule has 0 N–H and O–H groups in total. The zero-order valence-corrected chi connectivity index (χ0v) is 16.0. The van der Waals surface area contributed by atoms with Crippen LogP contribution in [0.25, 0.3) is 0 Å². The van der Waals surface area contributed by atoms with Crippen LogP contribution in [0.15, 0.2) is 30.3 Å². The fourth-order valence-electron chi connectivity index (χ4n) is 4.28. The number of hydrogen-bond donors (Lipinski definition) is 0. The van der Waals surface area contributed by atoms with Crippen molar-refractivity contribution >= 4 is 6.29 Å². The van der Waals surface area contributed by atoms with Gasteiger partial charge in [0.1, 0.15) is 12.4 Å². The molecule has 2 atom stereocenters. The number of nitrogens with zero attached hydrogens (tertiary/aromatic N) is 2. The monoisotopic (exact) mass is 332 g/mol. The quantitative estimate of drug-likeness (QED) is 0.741. The molecule has 1 heterocycles. The number of hydroxylamine groups is 2. The van der Waals surface area contributed by atoms with Crippen LogP contribution in [0.1, 0.15) is 59.1 Å². The van der Waals surface area contributed by atoms with Crippen molar-refractivity contribution in [2.45, 2.75) is 70.7 Å². The number of piperazine rings is 1. The van der Waals surface area contributed by atoms with Gasteiger partial charge in [-0.25, -0.2) is 0 Å². The summed E-state index contributed by atoms with van der Waals surface area (Å²) in [4.78, 5) is 20.6. The highest BCUT2D eigenvalue weighted by Crippen LogP contribution is 2.42. The highest BCUT2D eigenvalue weighted by Gasteiger charge is 2.54. The van der Waals surface area contributed by atoms with Crippen molar-refractivity contribution in [1.82, 2.24) is 9.96 Å². The van der Waals surface area contributed by atoms with Gasteiger partial charge in [0.15, 0.2) is 0 Å². The minimum atomic E-state index is -0.318. The first kappa shape index (κ1) is 19.1. The Balaban J connectivity index is 2.39. The van der Waals surface area contributed by atoms with E-state index in [1.807, 2.05) is 25.2 Å². The minimum absolute atomic E-state index is 0.0568. The van der Waals surface area contributed by atoms with E-state index in [1.54, 1.807) is 0 Å². The minimum Gasteiger partial charge on any atom is -0.302 e. The molecule has 1 saturated heterocycles. The molecule has 0 bridgehead atoms. The molecule has 1 aromatic rings. The van der Waals surface area contributed by atoms with Crippen LogP contribution in [0.2, 0.25) is 0 Å². The van der Waals surface area contributed by atoms with Gasteiger partial charge in [-0.2, -0.15) is 5.06 Å². The van der Waals surface area contributed by atoms with E-state index < -0.39 is 0 Å². The second-order valence-electron chi connectivity index (χ2n) is 7.57. The summed E-state index contributed by atoms with van der Waals surface area (Å²) in [5, 5.41) is 2.14. The van der Waals surface area contributed by atoms with E-state index in [-0.39, 0.29) is 23.2 Å². The Kier molecular flexibility index (Phi) is 5.84. The lowest BCUT2D eigenvalue weighted by atomic mass is 9.77. The average Bonchev–Trinajstić information content (AvgIpc) is 2.57. The van der Waals surface area contributed by atoms with E-state index in [1.165, 1.54) is 0 Å². The molecule has 0 spiro atoms. The molecular formula is C20H32N2O2. The Morgan fingerprint density at radius 3 is 2.33 bits per heavy atom. The predicted molar refractivity (Wildman–Crippen MR) is 97.7 cm³/mol. The summed E-state index contributed by atoms with van der Waals surface area (Å²) < 4.78 is 0. The maximum absolute atomic E-state index is 11.9. The maximum atomic E-state index is 11.9. The van der Waals surface area contributed by atoms with Gasteiger partial charge < -0.3 is 4.79 Å². The van der Waals surface area contributed by atoms with Crippen LogP contribution in [-0.4, -0.2) is 47.0 Å². The standard InChI is InChI=1S/C20H32N2O2/c1-7-20(8-2)18(14-23)21(6)15-19(4,5)22(20)24-16(3)17-12-10-9-11-13-17/h9-14,16,18H,7-8,15H2,1-6H3. The van der Waals surface area contributed by atoms with Crippen molar-refractivity contribution in [3.05, 3.63) is 35.9 Å². The van der Waals surface area contributed by atoms with Crippen LogP contribution in [0.3, 0.4) is 0 Å². The molecule has 1 aliphatic rings.